The molecule has 26 heavy (non-hydrogen) atoms. The van der Waals surface area contributed by atoms with Crippen molar-refractivity contribution in [1.29, 1.82) is 0 Å². The number of ether oxygens (including phenoxy) is 1. The molecule has 1 saturated heterocycles. The number of aromatic nitrogens is 1. The maximum Gasteiger partial charge on any atom is 0.254 e. The fourth-order valence-corrected chi connectivity index (χ4v) is 3.25. The van der Waals surface area contributed by atoms with E-state index in [1.165, 1.54) is 5.56 Å². The van der Waals surface area contributed by atoms with Gasteiger partial charge in [-0.3, -0.25) is 9.69 Å². The number of hydrogen-bond donors (Lipinski definition) is 1. The van der Waals surface area contributed by atoms with Crippen molar-refractivity contribution in [3.05, 3.63) is 52.8 Å². The van der Waals surface area contributed by atoms with Gasteiger partial charge >= 0.3 is 0 Å². The van der Waals surface area contributed by atoms with E-state index < -0.39 is 0 Å². The second-order valence-electron chi connectivity index (χ2n) is 6.68. The summed E-state index contributed by atoms with van der Waals surface area (Å²) in [7, 11) is 0. The van der Waals surface area contributed by atoms with Gasteiger partial charge in [0.05, 0.1) is 26.0 Å². The molecule has 3 rings (SSSR count). The molecule has 0 bridgehead atoms. The maximum atomic E-state index is 12.0. The van der Waals surface area contributed by atoms with Gasteiger partial charge in [0.15, 0.2) is 0 Å². The summed E-state index contributed by atoms with van der Waals surface area (Å²) in [4.78, 5) is 14.1. The van der Waals surface area contributed by atoms with Crippen LogP contribution in [0.15, 0.2) is 35.4 Å². The number of morpholine rings is 1. The van der Waals surface area contributed by atoms with E-state index in [1.54, 1.807) is 6.21 Å². The molecule has 0 aliphatic carbocycles. The number of hydrazone groups is 1. The Hall–Kier alpha value is -2.44. The Morgan fingerprint density at radius 1 is 1.23 bits per heavy atom. The number of benzene rings is 1. The number of nitrogens with zero attached hydrogens (tertiary/aromatic N) is 3. The minimum atomic E-state index is -0.101. The van der Waals surface area contributed by atoms with Crippen LogP contribution in [0.1, 0.15) is 22.5 Å². The standard InChI is InChI=1S/C20H26N4O2/c1-15-5-4-6-19(11-15)24-16(2)12-18(17(24)3)13-21-22-20(25)14-23-7-9-26-10-8-23/h4-6,11-13H,7-10,14H2,1-3H3,(H,22,25)/b21-13-. The van der Waals surface area contributed by atoms with Crippen molar-refractivity contribution in [3.63, 3.8) is 0 Å². The molecule has 138 valence electrons. The first-order chi connectivity index (χ1) is 12.5. The molecule has 2 aromatic rings. The lowest BCUT2D eigenvalue weighted by molar-refractivity contribution is -0.123. The predicted molar refractivity (Wildman–Crippen MR) is 103 cm³/mol. The summed E-state index contributed by atoms with van der Waals surface area (Å²) >= 11 is 0. The number of hydrogen-bond acceptors (Lipinski definition) is 4. The Balaban J connectivity index is 1.65. The van der Waals surface area contributed by atoms with Crippen molar-refractivity contribution >= 4 is 12.1 Å². The minimum absolute atomic E-state index is 0.101. The molecule has 0 saturated carbocycles. The van der Waals surface area contributed by atoms with E-state index in [0.29, 0.717) is 19.8 Å². The van der Waals surface area contributed by atoms with Crippen molar-refractivity contribution in [1.82, 2.24) is 14.9 Å². The number of nitrogens with one attached hydrogen (secondary N) is 1. The topological polar surface area (TPSA) is 58.9 Å². The third kappa shape index (κ3) is 4.39. The molecule has 0 radical (unpaired) electrons. The van der Waals surface area contributed by atoms with Crippen LogP contribution >= 0.6 is 0 Å². The van der Waals surface area contributed by atoms with Gasteiger partial charge in [-0.15, -0.1) is 0 Å². The highest BCUT2D eigenvalue weighted by Crippen LogP contribution is 2.20. The molecule has 1 amide bonds. The number of rotatable bonds is 5. The molecule has 1 fully saturated rings. The molecule has 1 aromatic carbocycles. The Kier molecular flexibility index (Phi) is 5.85. The first-order valence-corrected chi connectivity index (χ1v) is 8.92. The van der Waals surface area contributed by atoms with Crippen molar-refractivity contribution in [2.24, 2.45) is 5.10 Å². The van der Waals surface area contributed by atoms with Crippen molar-refractivity contribution in [2.75, 3.05) is 32.8 Å². The van der Waals surface area contributed by atoms with Gasteiger partial charge in [0.2, 0.25) is 0 Å². The highest BCUT2D eigenvalue weighted by molar-refractivity contribution is 5.84. The molecular weight excluding hydrogens is 328 g/mol. The van der Waals surface area contributed by atoms with E-state index in [1.807, 2.05) is 0 Å². The third-order valence-electron chi connectivity index (χ3n) is 4.59. The number of carbonyl (C=O) groups is 1. The summed E-state index contributed by atoms with van der Waals surface area (Å²) in [6.07, 6.45) is 1.71. The molecule has 0 atom stereocenters. The zero-order valence-electron chi connectivity index (χ0n) is 15.7. The summed E-state index contributed by atoms with van der Waals surface area (Å²) in [5, 5.41) is 4.14. The quantitative estimate of drug-likeness (QED) is 0.661. The van der Waals surface area contributed by atoms with Crippen LogP contribution in [0.4, 0.5) is 0 Å². The number of carbonyl (C=O) groups excluding carboxylic acids is 1. The lowest BCUT2D eigenvalue weighted by atomic mass is 10.2. The summed E-state index contributed by atoms with van der Waals surface area (Å²) in [5.41, 5.74) is 8.21. The first-order valence-electron chi connectivity index (χ1n) is 8.92. The number of aryl methyl sites for hydroxylation is 2. The second-order valence-corrected chi connectivity index (χ2v) is 6.68. The summed E-state index contributed by atoms with van der Waals surface area (Å²) in [6.45, 7) is 9.51. The Morgan fingerprint density at radius 2 is 2.00 bits per heavy atom. The Labute approximate surface area is 154 Å². The van der Waals surface area contributed by atoms with Crippen LogP contribution in [0.25, 0.3) is 5.69 Å². The summed E-state index contributed by atoms with van der Waals surface area (Å²) in [5.74, 6) is -0.101. The molecule has 2 heterocycles. The van der Waals surface area contributed by atoms with E-state index in [-0.39, 0.29) is 5.91 Å². The van der Waals surface area contributed by atoms with Gasteiger partial charge in [-0.25, -0.2) is 5.43 Å². The summed E-state index contributed by atoms with van der Waals surface area (Å²) < 4.78 is 7.48. The van der Waals surface area contributed by atoms with Crippen molar-refractivity contribution in [2.45, 2.75) is 20.8 Å². The molecule has 6 nitrogen and oxygen atoms in total. The fraction of sp³-hybridized carbons (Fsp3) is 0.400. The van der Waals surface area contributed by atoms with Crippen LogP contribution < -0.4 is 5.43 Å². The largest absolute Gasteiger partial charge is 0.379 e. The molecule has 6 heteroatoms. The zero-order chi connectivity index (χ0) is 18.5. The van der Waals surface area contributed by atoms with Gasteiger partial charge in [-0.2, -0.15) is 5.10 Å². The first kappa shape index (κ1) is 18.4. The molecular formula is C20H26N4O2. The van der Waals surface area contributed by atoms with Gasteiger partial charge in [-0.1, -0.05) is 12.1 Å². The van der Waals surface area contributed by atoms with Crippen LogP contribution in [-0.2, 0) is 9.53 Å². The summed E-state index contributed by atoms with van der Waals surface area (Å²) in [6, 6.07) is 10.5. The normalized spacial score (nSPS) is 15.5. The molecule has 1 aliphatic rings. The molecule has 0 spiro atoms. The van der Waals surface area contributed by atoms with Crippen LogP contribution in [0, 0.1) is 20.8 Å². The van der Waals surface area contributed by atoms with E-state index >= 15 is 0 Å². The van der Waals surface area contributed by atoms with Crippen LogP contribution in [0.3, 0.4) is 0 Å². The second kappa shape index (κ2) is 8.29. The monoisotopic (exact) mass is 354 g/mol. The number of amides is 1. The van der Waals surface area contributed by atoms with Gasteiger partial charge < -0.3 is 9.30 Å². The highest BCUT2D eigenvalue weighted by atomic mass is 16.5. The average molecular weight is 354 g/mol. The van der Waals surface area contributed by atoms with Crippen LogP contribution in [0.2, 0.25) is 0 Å². The fourth-order valence-electron chi connectivity index (χ4n) is 3.25. The zero-order valence-corrected chi connectivity index (χ0v) is 15.7. The lowest BCUT2D eigenvalue weighted by Gasteiger charge is -2.25. The molecule has 1 N–H and O–H groups in total. The average Bonchev–Trinajstić information content (AvgIpc) is 2.89. The minimum Gasteiger partial charge on any atom is -0.379 e. The third-order valence-corrected chi connectivity index (χ3v) is 4.59. The van der Waals surface area contributed by atoms with Crippen molar-refractivity contribution in [3.8, 4) is 5.69 Å². The SMILES string of the molecule is Cc1cccc(-n2c(C)cc(/C=N\NC(=O)CN3CCOCC3)c2C)c1. The molecule has 0 unspecified atom stereocenters. The lowest BCUT2D eigenvalue weighted by Crippen LogP contribution is -2.42. The van der Waals surface area contributed by atoms with E-state index in [9.17, 15) is 4.79 Å². The van der Waals surface area contributed by atoms with E-state index in [4.69, 9.17) is 4.74 Å². The maximum absolute atomic E-state index is 12.0. The smallest absolute Gasteiger partial charge is 0.254 e. The van der Waals surface area contributed by atoms with Gasteiger partial charge in [0.1, 0.15) is 0 Å². The predicted octanol–water partition coefficient (Wildman–Crippen LogP) is 2.18. The van der Waals surface area contributed by atoms with E-state index in [0.717, 1.165) is 35.7 Å². The van der Waals surface area contributed by atoms with E-state index in [2.05, 4.69) is 71.1 Å². The Morgan fingerprint density at radius 3 is 2.73 bits per heavy atom. The van der Waals surface area contributed by atoms with Gasteiger partial charge in [0, 0.05) is 35.7 Å². The van der Waals surface area contributed by atoms with Crippen molar-refractivity contribution < 1.29 is 9.53 Å². The molecule has 1 aliphatic heterocycles. The van der Waals surface area contributed by atoms with Crippen LogP contribution in [-0.4, -0.2) is 54.4 Å². The Bertz CT molecular complexity index is 804. The highest BCUT2D eigenvalue weighted by Gasteiger charge is 2.14. The van der Waals surface area contributed by atoms with Crippen LogP contribution in [0.5, 0.6) is 0 Å². The van der Waals surface area contributed by atoms with Gasteiger partial charge in [-0.05, 0) is 44.5 Å². The molecule has 1 aromatic heterocycles. The van der Waals surface area contributed by atoms with Gasteiger partial charge in [0.25, 0.3) is 5.91 Å².